The fraction of sp³-hybridized carbons (Fsp3) is 0.462. The van der Waals surface area contributed by atoms with E-state index in [1.807, 2.05) is 32.0 Å². The Bertz CT molecular complexity index is 402. The van der Waals surface area contributed by atoms with Crippen molar-refractivity contribution < 1.29 is 14.7 Å². The minimum atomic E-state index is 0.0229. The number of nitrogens with zero attached hydrogens (tertiary/aromatic N) is 1. The molecule has 4 heteroatoms. The van der Waals surface area contributed by atoms with Gasteiger partial charge in [-0.05, 0) is 38.5 Å². The second-order valence-electron chi connectivity index (χ2n) is 4.04. The van der Waals surface area contributed by atoms with Crippen molar-refractivity contribution in [3.05, 3.63) is 29.3 Å². The van der Waals surface area contributed by atoms with Crippen molar-refractivity contribution in [2.75, 3.05) is 13.7 Å². The van der Waals surface area contributed by atoms with Gasteiger partial charge in [0.1, 0.15) is 12.4 Å². The van der Waals surface area contributed by atoms with E-state index in [4.69, 9.17) is 14.7 Å². The predicted octanol–water partition coefficient (Wildman–Crippen LogP) is 2.61. The van der Waals surface area contributed by atoms with Gasteiger partial charge in [-0.15, -0.1) is 0 Å². The Morgan fingerprint density at radius 2 is 2.18 bits per heavy atom. The third-order valence-corrected chi connectivity index (χ3v) is 2.55. The van der Waals surface area contributed by atoms with E-state index in [0.29, 0.717) is 18.1 Å². The number of hydrogen-bond donors (Lipinski definition) is 1. The lowest BCUT2D eigenvalue weighted by Gasteiger charge is -2.14. The quantitative estimate of drug-likeness (QED) is 0.486. The van der Waals surface area contributed by atoms with Crippen LogP contribution in [0.2, 0.25) is 0 Å². The molecule has 17 heavy (non-hydrogen) atoms. The maximum Gasteiger partial charge on any atom is 0.128 e. The molecule has 0 saturated carbocycles. The fourth-order valence-corrected chi connectivity index (χ4v) is 1.38. The van der Waals surface area contributed by atoms with Gasteiger partial charge in [-0.3, -0.25) is 0 Å². The van der Waals surface area contributed by atoms with Crippen LogP contribution in [-0.4, -0.2) is 30.7 Å². The van der Waals surface area contributed by atoms with Gasteiger partial charge in [0.05, 0.1) is 11.8 Å². The first-order chi connectivity index (χ1) is 8.08. The summed E-state index contributed by atoms with van der Waals surface area (Å²) in [6.45, 7) is 6.12. The third kappa shape index (κ3) is 3.75. The van der Waals surface area contributed by atoms with Gasteiger partial charge < -0.3 is 14.7 Å². The largest absolute Gasteiger partial charge is 0.490 e. The zero-order chi connectivity index (χ0) is 12.8. The fourth-order valence-electron chi connectivity index (χ4n) is 1.38. The van der Waals surface area contributed by atoms with Crippen LogP contribution in [0.15, 0.2) is 23.4 Å². The molecule has 1 atom stereocenters. The van der Waals surface area contributed by atoms with Crippen LogP contribution in [0.3, 0.4) is 0 Å². The van der Waals surface area contributed by atoms with E-state index in [2.05, 4.69) is 5.16 Å². The summed E-state index contributed by atoms with van der Waals surface area (Å²) in [6, 6.07) is 5.76. The standard InChI is InChI=1S/C13H19NO3/c1-9-5-6-12(11(3)14-15)13(7-9)17-8-10(2)16-4/h5-7,10,15H,8H2,1-4H3/b14-11+. The number of hydrogen-bond acceptors (Lipinski definition) is 4. The molecule has 1 unspecified atom stereocenters. The van der Waals surface area contributed by atoms with Gasteiger partial charge in [-0.25, -0.2) is 0 Å². The first-order valence-electron chi connectivity index (χ1n) is 5.53. The van der Waals surface area contributed by atoms with Gasteiger partial charge >= 0.3 is 0 Å². The van der Waals surface area contributed by atoms with Gasteiger partial charge in [0.25, 0.3) is 0 Å². The molecule has 0 fully saturated rings. The normalized spacial score (nSPS) is 13.5. The molecule has 0 aliphatic rings. The average molecular weight is 237 g/mol. The van der Waals surface area contributed by atoms with E-state index in [9.17, 15) is 0 Å². The predicted molar refractivity (Wildman–Crippen MR) is 67.1 cm³/mol. The molecule has 0 amide bonds. The Balaban J connectivity index is 2.91. The molecular weight excluding hydrogens is 218 g/mol. The van der Waals surface area contributed by atoms with Crippen molar-refractivity contribution in [3.8, 4) is 5.75 Å². The highest BCUT2D eigenvalue weighted by molar-refractivity contribution is 6.00. The summed E-state index contributed by atoms with van der Waals surface area (Å²) < 4.78 is 10.8. The molecule has 1 rings (SSSR count). The minimum absolute atomic E-state index is 0.0229. The molecule has 0 aliphatic carbocycles. The summed E-state index contributed by atoms with van der Waals surface area (Å²) in [5, 5.41) is 12.0. The van der Waals surface area contributed by atoms with Gasteiger partial charge in [-0.2, -0.15) is 0 Å². The Hall–Kier alpha value is -1.55. The summed E-state index contributed by atoms with van der Waals surface area (Å²) in [7, 11) is 1.64. The van der Waals surface area contributed by atoms with Gasteiger partial charge in [-0.1, -0.05) is 11.2 Å². The molecule has 94 valence electrons. The van der Waals surface area contributed by atoms with Crippen LogP contribution in [0.25, 0.3) is 0 Å². The van der Waals surface area contributed by atoms with E-state index >= 15 is 0 Å². The van der Waals surface area contributed by atoms with E-state index in [0.717, 1.165) is 11.1 Å². The maximum atomic E-state index is 8.81. The van der Waals surface area contributed by atoms with Crippen molar-refractivity contribution >= 4 is 5.71 Å². The summed E-state index contributed by atoms with van der Waals surface area (Å²) in [5.74, 6) is 0.712. The highest BCUT2D eigenvalue weighted by Crippen LogP contribution is 2.21. The topological polar surface area (TPSA) is 51.0 Å². The first kappa shape index (κ1) is 13.5. The monoisotopic (exact) mass is 237 g/mol. The highest BCUT2D eigenvalue weighted by atomic mass is 16.5. The Kier molecular flexibility index (Phi) is 4.97. The van der Waals surface area contributed by atoms with Crippen molar-refractivity contribution in [2.45, 2.75) is 26.9 Å². The summed E-state index contributed by atoms with van der Waals surface area (Å²) >= 11 is 0. The Labute approximate surface area is 102 Å². The number of oxime groups is 1. The SMILES string of the molecule is COC(C)COc1cc(C)ccc1/C(C)=N/O. The van der Waals surface area contributed by atoms with Crippen LogP contribution in [-0.2, 0) is 4.74 Å². The van der Waals surface area contributed by atoms with Crippen LogP contribution in [0, 0.1) is 6.92 Å². The van der Waals surface area contributed by atoms with Crippen molar-refractivity contribution in [2.24, 2.45) is 5.16 Å². The molecule has 1 N–H and O–H groups in total. The minimum Gasteiger partial charge on any atom is -0.490 e. The molecular formula is C13H19NO3. The lowest BCUT2D eigenvalue weighted by atomic mass is 10.1. The molecule has 0 saturated heterocycles. The highest BCUT2D eigenvalue weighted by Gasteiger charge is 2.09. The van der Waals surface area contributed by atoms with Crippen molar-refractivity contribution in [1.82, 2.24) is 0 Å². The molecule has 0 aliphatic heterocycles. The first-order valence-corrected chi connectivity index (χ1v) is 5.53. The molecule has 0 bridgehead atoms. The summed E-state index contributed by atoms with van der Waals surface area (Å²) in [4.78, 5) is 0. The van der Waals surface area contributed by atoms with E-state index in [1.165, 1.54) is 0 Å². The molecule has 4 nitrogen and oxygen atoms in total. The second-order valence-corrected chi connectivity index (χ2v) is 4.04. The van der Waals surface area contributed by atoms with Crippen molar-refractivity contribution in [1.29, 1.82) is 0 Å². The molecule has 0 aromatic heterocycles. The Morgan fingerprint density at radius 3 is 2.76 bits per heavy atom. The molecule has 0 radical (unpaired) electrons. The maximum absolute atomic E-state index is 8.81. The number of ether oxygens (including phenoxy) is 2. The number of rotatable bonds is 5. The summed E-state index contributed by atoms with van der Waals surface area (Å²) in [5.41, 5.74) is 2.42. The zero-order valence-electron chi connectivity index (χ0n) is 10.7. The van der Waals surface area contributed by atoms with E-state index < -0.39 is 0 Å². The number of aryl methyl sites for hydroxylation is 1. The molecule has 0 heterocycles. The Morgan fingerprint density at radius 1 is 1.47 bits per heavy atom. The van der Waals surface area contributed by atoms with Crippen LogP contribution in [0.1, 0.15) is 25.0 Å². The van der Waals surface area contributed by atoms with Crippen LogP contribution >= 0.6 is 0 Å². The average Bonchev–Trinajstić information content (AvgIpc) is 2.35. The lowest BCUT2D eigenvalue weighted by molar-refractivity contribution is 0.0716. The molecule has 1 aromatic rings. The van der Waals surface area contributed by atoms with Crippen molar-refractivity contribution in [3.63, 3.8) is 0 Å². The van der Waals surface area contributed by atoms with Crippen LogP contribution < -0.4 is 4.74 Å². The van der Waals surface area contributed by atoms with Crippen LogP contribution in [0.5, 0.6) is 5.75 Å². The van der Waals surface area contributed by atoms with Gasteiger partial charge in [0, 0.05) is 12.7 Å². The van der Waals surface area contributed by atoms with Gasteiger partial charge in [0.15, 0.2) is 0 Å². The summed E-state index contributed by atoms with van der Waals surface area (Å²) in [6.07, 6.45) is 0.0229. The smallest absolute Gasteiger partial charge is 0.128 e. The van der Waals surface area contributed by atoms with E-state index in [1.54, 1.807) is 14.0 Å². The lowest BCUT2D eigenvalue weighted by Crippen LogP contribution is -2.17. The zero-order valence-corrected chi connectivity index (χ0v) is 10.7. The second kappa shape index (κ2) is 6.25. The molecule has 0 spiro atoms. The van der Waals surface area contributed by atoms with E-state index in [-0.39, 0.29) is 6.10 Å². The third-order valence-electron chi connectivity index (χ3n) is 2.55. The van der Waals surface area contributed by atoms with Crippen LogP contribution in [0.4, 0.5) is 0 Å². The number of methoxy groups -OCH3 is 1. The van der Waals surface area contributed by atoms with Gasteiger partial charge in [0.2, 0.25) is 0 Å². The molecule has 1 aromatic carbocycles. The number of benzene rings is 1.